The van der Waals surface area contributed by atoms with Crippen LogP contribution in [0.2, 0.25) is 0 Å². The van der Waals surface area contributed by atoms with Crippen LogP contribution in [-0.2, 0) is 22.6 Å². The van der Waals surface area contributed by atoms with Gasteiger partial charge in [0.15, 0.2) is 11.5 Å². The average molecular weight is 394 g/mol. The molecule has 0 amide bonds. The van der Waals surface area contributed by atoms with E-state index in [4.69, 9.17) is 18.9 Å². The van der Waals surface area contributed by atoms with Crippen LogP contribution < -0.4 is 14.2 Å². The van der Waals surface area contributed by atoms with Crippen LogP contribution >= 0.6 is 0 Å². The number of ether oxygens (including phenoxy) is 4. The molecule has 2 atom stereocenters. The molecule has 1 fully saturated rings. The lowest BCUT2D eigenvalue weighted by molar-refractivity contribution is -0.139. The van der Waals surface area contributed by atoms with Crippen LogP contribution in [-0.4, -0.2) is 20.2 Å². The van der Waals surface area contributed by atoms with E-state index >= 15 is 0 Å². The van der Waals surface area contributed by atoms with Crippen LogP contribution in [0.5, 0.6) is 17.2 Å². The lowest BCUT2D eigenvalue weighted by Gasteiger charge is -2.30. The van der Waals surface area contributed by atoms with Crippen molar-refractivity contribution < 1.29 is 23.7 Å². The molecule has 0 saturated carbocycles. The summed E-state index contributed by atoms with van der Waals surface area (Å²) >= 11 is 0. The third-order valence-electron chi connectivity index (χ3n) is 6.06. The zero-order valence-electron chi connectivity index (χ0n) is 17.3. The molecule has 29 heavy (non-hydrogen) atoms. The maximum atomic E-state index is 12.1. The fraction of sp³-hybridized carbons (Fsp3) is 0.375. The average Bonchev–Trinajstić information content (AvgIpc) is 3.02. The first kappa shape index (κ1) is 19.4. The minimum Gasteiger partial charge on any atom is -0.493 e. The van der Waals surface area contributed by atoms with Crippen molar-refractivity contribution in [3.63, 3.8) is 0 Å². The fourth-order valence-corrected chi connectivity index (χ4v) is 4.45. The third kappa shape index (κ3) is 3.24. The standard InChI is InChI=1S/C24H26O5/c1-13-10-20(28-12-16-6-9-19(26-4)21(11-16)27-5)15(3)22-17(13)7-8-18-14(2)24(25)29-23(18)22/h6,9-11,18,23H,2,7-8,12H2,1,3-5H3/t18-,23+/m0/s1. The summed E-state index contributed by atoms with van der Waals surface area (Å²) in [6, 6.07) is 7.83. The van der Waals surface area contributed by atoms with Gasteiger partial charge in [0.05, 0.1) is 14.2 Å². The Morgan fingerprint density at radius 2 is 1.86 bits per heavy atom. The summed E-state index contributed by atoms with van der Waals surface area (Å²) in [5, 5.41) is 0. The van der Waals surface area contributed by atoms with E-state index in [0.717, 1.165) is 35.3 Å². The first-order valence-electron chi connectivity index (χ1n) is 9.81. The Morgan fingerprint density at radius 1 is 1.10 bits per heavy atom. The minimum atomic E-state index is -0.276. The molecule has 0 bridgehead atoms. The van der Waals surface area contributed by atoms with Gasteiger partial charge in [-0.3, -0.25) is 0 Å². The maximum absolute atomic E-state index is 12.1. The molecule has 152 valence electrons. The topological polar surface area (TPSA) is 54.0 Å². The van der Waals surface area contributed by atoms with Crippen LogP contribution in [0.3, 0.4) is 0 Å². The van der Waals surface area contributed by atoms with Crippen LogP contribution in [0, 0.1) is 19.8 Å². The molecule has 1 aliphatic heterocycles. The predicted molar refractivity (Wildman–Crippen MR) is 110 cm³/mol. The number of esters is 1. The molecule has 1 aliphatic carbocycles. The largest absolute Gasteiger partial charge is 0.493 e. The van der Waals surface area contributed by atoms with Crippen molar-refractivity contribution in [1.29, 1.82) is 0 Å². The molecule has 0 unspecified atom stereocenters. The first-order chi connectivity index (χ1) is 13.9. The van der Waals surface area contributed by atoms with Gasteiger partial charge in [-0.25, -0.2) is 4.79 Å². The lowest BCUT2D eigenvalue weighted by atomic mass is 9.76. The van der Waals surface area contributed by atoms with Crippen molar-refractivity contribution in [2.75, 3.05) is 14.2 Å². The molecule has 2 aliphatic rings. The molecular formula is C24H26O5. The molecular weight excluding hydrogens is 368 g/mol. The highest BCUT2D eigenvalue weighted by atomic mass is 16.6. The Kier molecular flexibility index (Phi) is 4.99. The highest BCUT2D eigenvalue weighted by Crippen LogP contribution is 2.49. The summed E-state index contributed by atoms with van der Waals surface area (Å²) in [6.45, 7) is 8.48. The van der Waals surface area contributed by atoms with Crippen molar-refractivity contribution in [3.8, 4) is 17.2 Å². The van der Waals surface area contributed by atoms with E-state index in [1.165, 1.54) is 11.1 Å². The fourth-order valence-electron chi connectivity index (χ4n) is 4.45. The first-order valence-corrected chi connectivity index (χ1v) is 9.81. The number of aryl methyl sites for hydroxylation is 1. The monoisotopic (exact) mass is 394 g/mol. The number of methoxy groups -OCH3 is 2. The second kappa shape index (κ2) is 7.47. The molecule has 0 radical (unpaired) electrons. The quantitative estimate of drug-likeness (QED) is 0.547. The number of hydrogen-bond donors (Lipinski definition) is 0. The van der Waals surface area contributed by atoms with E-state index in [0.29, 0.717) is 23.7 Å². The molecule has 4 rings (SSSR count). The zero-order chi connectivity index (χ0) is 20.7. The minimum absolute atomic E-state index is 0.0641. The van der Waals surface area contributed by atoms with Gasteiger partial charge in [0.1, 0.15) is 18.5 Å². The number of benzene rings is 2. The van der Waals surface area contributed by atoms with Gasteiger partial charge in [-0.15, -0.1) is 0 Å². The van der Waals surface area contributed by atoms with E-state index < -0.39 is 0 Å². The Morgan fingerprint density at radius 3 is 2.59 bits per heavy atom. The van der Waals surface area contributed by atoms with Gasteiger partial charge in [0.2, 0.25) is 0 Å². The second-order valence-corrected chi connectivity index (χ2v) is 7.68. The van der Waals surface area contributed by atoms with Crippen LogP contribution in [0.15, 0.2) is 36.4 Å². The molecule has 0 spiro atoms. The zero-order valence-corrected chi connectivity index (χ0v) is 17.3. The van der Waals surface area contributed by atoms with Crippen molar-refractivity contribution in [2.45, 2.75) is 39.4 Å². The summed E-state index contributed by atoms with van der Waals surface area (Å²) < 4.78 is 22.5. The predicted octanol–water partition coefficient (Wildman–Crippen LogP) is 4.62. The number of carbonyl (C=O) groups excluding carboxylic acids is 1. The molecule has 0 aromatic heterocycles. The molecule has 2 aromatic rings. The number of rotatable bonds is 5. The summed E-state index contributed by atoms with van der Waals surface area (Å²) in [5.74, 6) is 1.96. The van der Waals surface area contributed by atoms with E-state index in [1.54, 1.807) is 14.2 Å². The van der Waals surface area contributed by atoms with Crippen molar-refractivity contribution in [1.82, 2.24) is 0 Å². The molecule has 5 nitrogen and oxygen atoms in total. The van der Waals surface area contributed by atoms with E-state index in [9.17, 15) is 4.79 Å². The Balaban J connectivity index is 1.63. The van der Waals surface area contributed by atoms with Crippen molar-refractivity contribution >= 4 is 5.97 Å². The Hall–Kier alpha value is -2.95. The summed E-state index contributed by atoms with van der Waals surface area (Å²) in [6.07, 6.45) is 1.57. The van der Waals surface area contributed by atoms with Gasteiger partial charge in [0.25, 0.3) is 0 Å². The summed E-state index contributed by atoms with van der Waals surface area (Å²) in [4.78, 5) is 12.1. The van der Waals surface area contributed by atoms with Crippen LogP contribution in [0.4, 0.5) is 0 Å². The summed E-state index contributed by atoms with van der Waals surface area (Å²) in [7, 11) is 3.23. The van der Waals surface area contributed by atoms with Crippen LogP contribution in [0.1, 0.15) is 40.3 Å². The van der Waals surface area contributed by atoms with Gasteiger partial charge in [0, 0.05) is 17.1 Å². The maximum Gasteiger partial charge on any atom is 0.334 e. The Bertz CT molecular complexity index is 991. The van der Waals surface area contributed by atoms with Gasteiger partial charge < -0.3 is 18.9 Å². The second-order valence-electron chi connectivity index (χ2n) is 7.68. The van der Waals surface area contributed by atoms with E-state index in [1.807, 2.05) is 25.1 Å². The van der Waals surface area contributed by atoms with Gasteiger partial charge >= 0.3 is 5.97 Å². The number of hydrogen-bond acceptors (Lipinski definition) is 5. The lowest BCUT2D eigenvalue weighted by Crippen LogP contribution is -2.20. The normalized spacial score (nSPS) is 20.0. The van der Waals surface area contributed by atoms with E-state index in [2.05, 4.69) is 19.6 Å². The molecule has 1 saturated heterocycles. The molecule has 5 heteroatoms. The van der Waals surface area contributed by atoms with E-state index in [-0.39, 0.29) is 18.0 Å². The van der Waals surface area contributed by atoms with Gasteiger partial charge in [-0.2, -0.15) is 0 Å². The van der Waals surface area contributed by atoms with Gasteiger partial charge in [-0.1, -0.05) is 12.6 Å². The SMILES string of the molecule is C=C1C(=O)O[C@H]2c3c(C)c(OCc4ccc(OC)c(OC)c4)cc(C)c3CC[C@@H]12. The van der Waals surface area contributed by atoms with Crippen molar-refractivity contribution in [2.24, 2.45) is 5.92 Å². The molecule has 1 heterocycles. The highest BCUT2D eigenvalue weighted by Gasteiger charge is 2.44. The summed E-state index contributed by atoms with van der Waals surface area (Å²) in [5.41, 5.74) is 6.13. The van der Waals surface area contributed by atoms with Crippen molar-refractivity contribution in [3.05, 3.63) is 64.2 Å². The smallest absolute Gasteiger partial charge is 0.334 e. The Labute approximate surface area is 171 Å². The molecule has 0 N–H and O–H groups in total. The third-order valence-corrected chi connectivity index (χ3v) is 6.06. The number of fused-ring (bicyclic) bond motifs is 3. The van der Waals surface area contributed by atoms with Crippen LogP contribution in [0.25, 0.3) is 0 Å². The molecule has 2 aromatic carbocycles. The highest BCUT2D eigenvalue weighted by molar-refractivity contribution is 5.91. The number of carbonyl (C=O) groups is 1. The van der Waals surface area contributed by atoms with Gasteiger partial charge in [-0.05, 0) is 67.1 Å².